The Bertz CT molecular complexity index is 589. The molecule has 0 fully saturated rings. The van der Waals surface area contributed by atoms with Crippen molar-refractivity contribution >= 4 is 5.97 Å². The monoisotopic (exact) mass is 256 g/mol. The van der Waals surface area contributed by atoms with Gasteiger partial charge in [-0.1, -0.05) is 0 Å². The maximum Gasteiger partial charge on any atom is 0.377 e. The molecule has 94 valence electrons. The summed E-state index contributed by atoms with van der Waals surface area (Å²) in [4.78, 5) is 13.9. The highest BCUT2D eigenvalue weighted by Gasteiger charge is 2.21. The number of aromatic nitrogens is 2. The van der Waals surface area contributed by atoms with Crippen LogP contribution >= 0.6 is 0 Å². The maximum atomic E-state index is 13.6. The fraction of sp³-hybridized carbons (Fsp3) is 0.100. The molecule has 0 bridgehead atoms. The first-order valence-electron chi connectivity index (χ1n) is 4.63. The van der Waals surface area contributed by atoms with Crippen LogP contribution in [0.3, 0.4) is 0 Å². The lowest BCUT2D eigenvalue weighted by Crippen LogP contribution is -1.99. The Morgan fingerprint density at radius 3 is 2.44 bits per heavy atom. The molecule has 8 heteroatoms. The maximum absolute atomic E-state index is 13.6. The summed E-state index contributed by atoms with van der Waals surface area (Å²) >= 11 is 0. The molecule has 0 amide bonds. The standard InChI is InChI=1S/C10H6F2N2O4/c1-17-4-2-5(11)7(6(12)3-4)9-13-8(10(15)16)14-18-9/h2-3H,1H3,(H,15,16). The normalized spacial score (nSPS) is 10.4. The Kier molecular flexibility index (Phi) is 2.92. The lowest BCUT2D eigenvalue weighted by molar-refractivity contribution is 0.0680. The van der Waals surface area contributed by atoms with Crippen LogP contribution in [0.15, 0.2) is 16.7 Å². The summed E-state index contributed by atoms with van der Waals surface area (Å²) < 4.78 is 36.4. The average Bonchev–Trinajstić information content (AvgIpc) is 2.77. The molecular weight excluding hydrogens is 250 g/mol. The minimum absolute atomic E-state index is 0.0216. The molecule has 0 saturated heterocycles. The van der Waals surface area contributed by atoms with Gasteiger partial charge in [-0.05, 0) is 5.16 Å². The molecule has 1 aromatic heterocycles. The van der Waals surface area contributed by atoms with Crippen LogP contribution in [0.2, 0.25) is 0 Å². The zero-order valence-corrected chi connectivity index (χ0v) is 8.98. The van der Waals surface area contributed by atoms with Gasteiger partial charge in [-0.2, -0.15) is 4.98 Å². The van der Waals surface area contributed by atoms with E-state index in [4.69, 9.17) is 5.11 Å². The van der Waals surface area contributed by atoms with Gasteiger partial charge in [0.05, 0.1) is 7.11 Å². The number of nitrogens with zero attached hydrogens (tertiary/aromatic N) is 2. The van der Waals surface area contributed by atoms with Crippen molar-refractivity contribution in [2.24, 2.45) is 0 Å². The van der Waals surface area contributed by atoms with Gasteiger partial charge >= 0.3 is 5.97 Å². The van der Waals surface area contributed by atoms with E-state index < -0.39 is 34.9 Å². The number of carbonyl (C=O) groups is 1. The lowest BCUT2D eigenvalue weighted by atomic mass is 10.2. The summed E-state index contributed by atoms with van der Waals surface area (Å²) in [5.41, 5.74) is -0.601. The van der Waals surface area contributed by atoms with Crippen molar-refractivity contribution in [2.75, 3.05) is 7.11 Å². The molecule has 1 aromatic carbocycles. The fourth-order valence-corrected chi connectivity index (χ4v) is 1.28. The van der Waals surface area contributed by atoms with Crippen LogP contribution in [-0.4, -0.2) is 28.3 Å². The third kappa shape index (κ3) is 1.99. The smallest absolute Gasteiger partial charge is 0.377 e. The summed E-state index contributed by atoms with van der Waals surface area (Å²) in [6.45, 7) is 0. The van der Waals surface area contributed by atoms with Gasteiger partial charge in [0.2, 0.25) is 0 Å². The minimum Gasteiger partial charge on any atom is -0.497 e. The van der Waals surface area contributed by atoms with Crippen molar-refractivity contribution in [1.29, 1.82) is 0 Å². The first kappa shape index (κ1) is 12.0. The van der Waals surface area contributed by atoms with Crippen LogP contribution in [0.5, 0.6) is 5.75 Å². The number of aromatic carboxylic acids is 1. The van der Waals surface area contributed by atoms with Gasteiger partial charge in [0, 0.05) is 12.1 Å². The lowest BCUT2D eigenvalue weighted by Gasteiger charge is -2.03. The Morgan fingerprint density at radius 1 is 1.39 bits per heavy atom. The van der Waals surface area contributed by atoms with Crippen molar-refractivity contribution in [2.45, 2.75) is 0 Å². The molecule has 2 rings (SSSR count). The van der Waals surface area contributed by atoms with Crippen LogP contribution < -0.4 is 4.74 Å². The molecule has 0 aliphatic heterocycles. The minimum atomic E-state index is -1.46. The molecule has 1 N–H and O–H groups in total. The van der Waals surface area contributed by atoms with E-state index >= 15 is 0 Å². The third-order valence-corrected chi connectivity index (χ3v) is 2.08. The number of hydrogen-bond acceptors (Lipinski definition) is 5. The molecule has 0 unspecified atom stereocenters. The molecule has 0 aliphatic carbocycles. The van der Waals surface area contributed by atoms with Gasteiger partial charge in [-0.15, -0.1) is 0 Å². The Labute approximate surface area is 98.8 Å². The topological polar surface area (TPSA) is 85.5 Å². The van der Waals surface area contributed by atoms with Crippen LogP contribution in [0.25, 0.3) is 11.5 Å². The Balaban J connectivity index is 2.53. The predicted octanol–water partition coefficient (Wildman–Crippen LogP) is 1.72. The number of methoxy groups -OCH3 is 1. The van der Waals surface area contributed by atoms with Crippen molar-refractivity contribution in [3.8, 4) is 17.2 Å². The van der Waals surface area contributed by atoms with Gasteiger partial charge in [0.15, 0.2) is 0 Å². The van der Waals surface area contributed by atoms with Gasteiger partial charge in [-0.3, -0.25) is 0 Å². The second kappa shape index (κ2) is 4.40. The van der Waals surface area contributed by atoms with Gasteiger partial charge < -0.3 is 14.4 Å². The number of hydrogen-bond donors (Lipinski definition) is 1. The number of benzene rings is 1. The highest BCUT2D eigenvalue weighted by Crippen LogP contribution is 2.28. The Morgan fingerprint density at radius 2 is 2.00 bits per heavy atom. The zero-order chi connectivity index (χ0) is 13.3. The van der Waals surface area contributed by atoms with E-state index in [0.29, 0.717) is 0 Å². The quantitative estimate of drug-likeness (QED) is 0.899. The number of rotatable bonds is 3. The molecule has 0 atom stereocenters. The van der Waals surface area contributed by atoms with E-state index in [-0.39, 0.29) is 5.75 Å². The molecule has 18 heavy (non-hydrogen) atoms. The summed E-state index contributed by atoms with van der Waals surface area (Å²) in [7, 11) is 1.25. The summed E-state index contributed by atoms with van der Waals surface area (Å²) in [6, 6.07) is 1.84. The van der Waals surface area contributed by atoms with Gasteiger partial charge in [0.25, 0.3) is 11.7 Å². The van der Waals surface area contributed by atoms with E-state index in [1.165, 1.54) is 7.11 Å². The first-order chi connectivity index (χ1) is 8.52. The number of carboxylic acid groups (broad SMARTS) is 1. The number of ether oxygens (including phenoxy) is 1. The van der Waals surface area contributed by atoms with Crippen LogP contribution in [0, 0.1) is 11.6 Å². The summed E-state index contributed by atoms with van der Waals surface area (Å²) in [5.74, 6) is -4.70. The number of halogens is 2. The van der Waals surface area contributed by atoms with Crippen LogP contribution in [0.4, 0.5) is 8.78 Å². The third-order valence-electron chi connectivity index (χ3n) is 2.08. The fourth-order valence-electron chi connectivity index (χ4n) is 1.28. The first-order valence-corrected chi connectivity index (χ1v) is 4.63. The molecule has 0 aliphatic rings. The van der Waals surface area contributed by atoms with E-state index in [2.05, 4.69) is 19.4 Å². The van der Waals surface area contributed by atoms with Crippen LogP contribution in [-0.2, 0) is 0 Å². The molecule has 0 radical (unpaired) electrons. The highest BCUT2D eigenvalue weighted by molar-refractivity contribution is 5.83. The summed E-state index contributed by atoms with van der Waals surface area (Å²) in [6.07, 6.45) is 0. The van der Waals surface area contributed by atoms with E-state index in [1.54, 1.807) is 0 Å². The Hall–Kier alpha value is -2.51. The highest BCUT2D eigenvalue weighted by atomic mass is 19.1. The molecule has 0 spiro atoms. The number of carboxylic acids is 1. The molecule has 0 saturated carbocycles. The molecular formula is C10H6F2N2O4. The SMILES string of the molecule is COc1cc(F)c(-c2nc(C(=O)O)no2)c(F)c1. The predicted molar refractivity (Wildman–Crippen MR) is 53.2 cm³/mol. The van der Waals surface area contributed by atoms with E-state index in [9.17, 15) is 13.6 Å². The second-order valence-corrected chi connectivity index (χ2v) is 3.19. The largest absolute Gasteiger partial charge is 0.497 e. The van der Waals surface area contributed by atoms with Crippen molar-refractivity contribution in [1.82, 2.24) is 10.1 Å². The van der Waals surface area contributed by atoms with Crippen LogP contribution in [0.1, 0.15) is 10.6 Å². The van der Waals surface area contributed by atoms with E-state index in [0.717, 1.165) is 12.1 Å². The van der Waals surface area contributed by atoms with E-state index in [1.807, 2.05) is 0 Å². The summed E-state index contributed by atoms with van der Waals surface area (Å²) in [5, 5.41) is 11.6. The molecule has 1 heterocycles. The molecule has 2 aromatic rings. The van der Waals surface area contributed by atoms with Gasteiger partial charge in [0.1, 0.15) is 22.9 Å². The van der Waals surface area contributed by atoms with Crippen molar-refractivity contribution < 1.29 is 27.9 Å². The molecule has 6 nitrogen and oxygen atoms in total. The van der Waals surface area contributed by atoms with Crippen molar-refractivity contribution in [3.63, 3.8) is 0 Å². The van der Waals surface area contributed by atoms with Crippen molar-refractivity contribution in [3.05, 3.63) is 29.6 Å². The van der Waals surface area contributed by atoms with Gasteiger partial charge in [-0.25, -0.2) is 13.6 Å². The average molecular weight is 256 g/mol. The zero-order valence-electron chi connectivity index (χ0n) is 8.98. The second-order valence-electron chi connectivity index (χ2n) is 3.19.